The van der Waals surface area contributed by atoms with E-state index in [1.807, 2.05) is 121 Å². The zero-order chi connectivity index (χ0) is 29.3. The molecule has 0 unspecified atom stereocenters. The SMILES string of the molecule is CC(C)CCC(COP(=O)(c1ccccc1)c1ccccc1)(COP(=O)(c1ccccc1)c1ccccc1)C(C)C. The zero-order valence-corrected chi connectivity index (χ0v) is 26.3. The summed E-state index contributed by atoms with van der Waals surface area (Å²) in [5.74, 6) is 0.569. The van der Waals surface area contributed by atoms with Gasteiger partial charge in [0, 0.05) is 26.6 Å². The predicted octanol–water partition coefficient (Wildman–Crippen LogP) is 7.96. The van der Waals surface area contributed by atoms with Gasteiger partial charge in [0.05, 0.1) is 13.2 Å². The number of hydrogen-bond donors (Lipinski definition) is 0. The molecule has 0 saturated heterocycles. The van der Waals surface area contributed by atoms with Gasteiger partial charge in [-0.1, -0.05) is 107 Å². The Balaban J connectivity index is 1.73. The minimum Gasteiger partial charge on any atom is -0.321 e. The summed E-state index contributed by atoms with van der Waals surface area (Å²) in [4.78, 5) is 0. The van der Waals surface area contributed by atoms with E-state index in [1.54, 1.807) is 0 Å². The first-order valence-electron chi connectivity index (χ1n) is 14.4. The summed E-state index contributed by atoms with van der Waals surface area (Å²) in [5.41, 5.74) is -0.525. The Labute approximate surface area is 246 Å². The fraction of sp³-hybridized carbons (Fsp3) is 0.314. The molecule has 4 nitrogen and oxygen atoms in total. The van der Waals surface area contributed by atoms with Gasteiger partial charge < -0.3 is 9.05 Å². The second-order valence-corrected chi connectivity index (χ2v) is 16.2. The lowest BCUT2D eigenvalue weighted by Gasteiger charge is -2.40. The van der Waals surface area contributed by atoms with Gasteiger partial charge in [-0.2, -0.15) is 0 Å². The van der Waals surface area contributed by atoms with E-state index in [9.17, 15) is 9.13 Å². The number of benzene rings is 4. The maximum absolute atomic E-state index is 14.8. The second kappa shape index (κ2) is 14.0. The van der Waals surface area contributed by atoms with E-state index in [1.165, 1.54) is 0 Å². The topological polar surface area (TPSA) is 52.6 Å². The first kappa shape index (κ1) is 31.2. The molecule has 4 aromatic rings. The normalized spacial score (nSPS) is 12.6. The highest BCUT2D eigenvalue weighted by atomic mass is 31.2. The number of rotatable bonds is 14. The number of hydrogen-bond acceptors (Lipinski definition) is 4. The largest absolute Gasteiger partial charge is 0.321 e. The van der Waals surface area contributed by atoms with Crippen LogP contribution in [0.5, 0.6) is 0 Å². The smallest absolute Gasteiger partial charge is 0.261 e. The van der Waals surface area contributed by atoms with E-state index in [2.05, 4.69) is 27.7 Å². The fourth-order valence-electron chi connectivity index (χ4n) is 4.92. The third-order valence-corrected chi connectivity index (χ3v) is 12.8. The summed E-state index contributed by atoms with van der Waals surface area (Å²) < 4.78 is 42.7. The molecular weight excluding hydrogens is 546 g/mol. The average Bonchev–Trinajstić information content (AvgIpc) is 3.02. The first-order valence-corrected chi connectivity index (χ1v) is 17.7. The Kier molecular flexibility index (Phi) is 10.6. The standard InChI is InChI=1S/C35H42O4P2/c1-29(2)25-26-35(30(3)4,27-38-40(36,31-17-9-5-10-18-31)32-19-11-6-12-20-32)28-39-41(37,33-21-13-7-14-22-33)34-23-15-8-16-24-34/h5-24,29-30H,25-28H2,1-4H3. The van der Waals surface area contributed by atoms with Crippen LogP contribution in [-0.4, -0.2) is 13.2 Å². The van der Waals surface area contributed by atoms with Crippen LogP contribution in [0.3, 0.4) is 0 Å². The molecule has 216 valence electrons. The van der Waals surface area contributed by atoms with Crippen LogP contribution in [0.4, 0.5) is 0 Å². The Hall–Kier alpha value is -2.74. The minimum absolute atomic E-state index is 0.112. The summed E-state index contributed by atoms with van der Waals surface area (Å²) >= 11 is 0. The highest BCUT2D eigenvalue weighted by molar-refractivity contribution is 7.74. The third-order valence-electron chi connectivity index (χ3n) is 7.90. The Morgan fingerprint density at radius 2 is 0.829 bits per heavy atom. The molecule has 41 heavy (non-hydrogen) atoms. The monoisotopic (exact) mass is 588 g/mol. The van der Waals surface area contributed by atoms with Crippen LogP contribution in [-0.2, 0) is 18.2 Å². The van der Waals surface area contributed by atoms with Crippen molar-refractivity contribution in [1.29, 1.82) is 0 Å². The van der Waals surface area contributed by atoms with Gasteiger partial charge in [-0.3, -0.25) is 9.13 Å². The molecule has 0 heterocycles. The molecule has 0 spiro atoms. The zero-order valence-electron chi connectivity index (χ0n) is 24.6. The molecule has 4 aromatic carbocycles. The molecule has 0 aliphatic heterocycles. The van der Waals surface area contributed by atoms with Crippen molar-refractivity contribution in [1.82, 2.24) is 0 Å². The molecular formula is C35H42O4P2. The molecule has 0 atom stereocenters. The van der Waals surface area contributed by atoms with Crippen molar-refractivity contribution in [3.05, 3.63) is 121 Å². The van der Waals surface area contributed by atoms with Gasteiger partial charge in [-0.15, -0.1) is 0 Å². The highest BCUT2D eigenvalue weighted by Gasteiger charge is 2.41. The predicted molar refractivity (Wildman–Crippen MR) is 173 cm³/mol. The maximum Gasteiger partial charge on any atom is 0.261 e. The van der Waals surface area contributed by atoms with Crippen LogP contribution in [0.2, 0.25) is 0 Å². The van der Waals surface area contributed by atoms with Crippen LogP contribution >= 0.6 is 14.7 Å². The van der Waals surface area contributed by atoms with Gasteiger partial charge in [-0.05, 0) is 66.8 Å². The Morgan fingerprint density at radius 3 is 1.07 bits per heavy atom. The Morgan fingerprint density at radius 1 is 0.537 bits per heavy atom. The van der Waals surface area contributed by atoms with Gasteiger partial charge in [0.25, 0.3) is 14.7 Å². The van der Waals surface area contributed by atoms with E-state index in [0.29, 0.717) is 27.1 Å². The summed E-state index contributed by atoms with van der Waals surface area (Å²) in [6.45, 7) is 9.12. The molecule has 0 aliphatic carbocycles. The molecule has 0 radical (unpaired) electrons. The van der Waals surface area contributed by atoms with Gasteiger partial charge in [-0.25, -0.2) is 0 Å². The van der Waals surface area contributed by atoms with Crippen LogP contribution < -0.4 is 21.2 Å². The average molecular weight is 589 g/mol. The van der Waals surface area contributed by atoms with E-state index in [-0.39, 0.29) is 19.1 Å². The quantitative estimate of drug-likeness (QED) is 0.140. The van der Waals surface area contributed by atoms with Crippen molar-refractivity contribution in [3.63, 3.8) is 0 Å². The fourth-order valence-corrected chi connectivity index (χ4v) is 9.25. The van der Waals surface area contributed by atoms with E-state index in [4.69, 9.17) is 9.05 Å². The lowest BCUT2D eigenvalue weighted by atomic mass is 9.74. The first-order chi connectivity index (χ1) is 19.7. The molecule has 0 saturated carbocycles. The van der Waals surface area contributed by atoms with Gasteiger partial charge in [0.1, 0.15) is 0 Å². The van der Waals surface area contributed by atoms with Gasteiger partial charge in [0.15, 0.2) is 0 Å². The van der Waals surface area contributed by atoms with Crippen LogP contribution in [0, 0.1) is 17.3 Å². The van der Waals surface area contributed by atoms with E-state index >= 15 is 0 Å². The molecule has 0 fully saturated rings. The van der Waals surface area contributed by atoms with E-state index in [0.717, 1.165) is 12.8 Å². The second-order valence-electron chi connectivity index (χ2n) is 11.4. The van der Waals surface area contributed by atoms with Crippen molar-refractivity contribution in [2.75, 3.05) is 13.2 Å². The van der Waals surface area contributed by atoms with Crippen molar-refractivity contribution in [2.24, 2.45) is 17.3 Å². The highest BCUT2D eigenvalue weighted by Crippen LogP contribution is 2.51. The van der Waals surface area contributed by atoms with Crippen molar-refractivity contribution < 1.29 is 18.2 Å². The van der Waals surface area contributed by atoms with Gasteiger partial charge in [0.2, 0.25) is 0 Å². The van der Waals surface area contributed by atoms with Crippen molar-refractivity contribution in [2.45, 2.75) is 40.5 Å². The van der Waals surface area contributed by atoms with Crippen LogP contribution in [0.15, 0.2) is 121 Å². The van der Waals surface area contributed by atoms with Crippen LogP contribution in [0.25, 0.3) is 0 Å². The molecule has 0 N–H and O–H groups in total. The van der Waals surface area contributed by atoms with E-state index < -0.39 is 20.2 Å². The van der Waals surface area contributed by atoms with Crippen LogP contribution in [0.1, 0.15) is 40.5 Å². The van der Waals surface area contributed by atoms with Gasteiger partial charge >= 0.3 is 0 Å². The maximum atomic E-state index is 14.8. The molecule has 0 bridgehead atoms. The lowest BCUT2D eigenvalue weighted by Crippen LogP contribution is -2.39. The third kappa shape index (κ3) is 7.37. The summed E-state index contributed by atoms with van der Waals surface area (Å²) in [6.07, 6.45) is 1.72. The Bertz CT molecular complexity index is 1250. The summed E-state index contributed by atoms with van der Waals surface area (Å²) in [5, 5.41) is 2.64. The molecule has 0 amide bonds. The summed E-state index contributed by atoms with van der Waals surface area (Å²) in [6, 6.07) is 37.7. The molecule has 6 heteroatoms. The summed E-state index contributed by atoms with van der Waals surface area (Å²) in [7, 11) is -6.83. The molecule has 0 aromatic heterocycles. The van der Waals surface area contributed by atoms with Crippen molar-refractivity contribution in [3.8, 4) is 0 Å². The molecule has 4 rings (SSSR count). The van der Waals surface area contributed by atoms with Crippen molar-refractivity contribution >= 4 is 36.0 Å². The lowest BCUT2D eigenvalue weighted by molar-refractivity contribution is 0.0294. The molecule has 0 aliphatic rings. The minimum atomic E-state index is -3.41.